The third kappa shape index (κ3) is 8.63. The zero-order valence-corrected chi connectivity index (χ0v) is 17.2. The molecule has 0 aliphatic heterocycles. The number of hydrogen-bond donors (Lipinski definition) is 3. The summed E-state index contributed by atoms with van der Waals surface area (Å²) in [5, 5.41) is 12.3. The molecule has 2 rings (SSSR count). The van der Waals surface area contributed by atoms with E-state index in [2.05, 4.69) is 15.0 Å². The summed E-state index contributed by atoms with van der Waals surface area (Å²) < 4.78 is 9.10. The van der Waals surface area contributed by atoms with Crippen molar-refractivity contribution in [3.05, 3.63) is 48.7 Å². The number of nitrogens with one attached hydrogen (secondary N) is 2. The minimum Gasteiger partial charge on any atom is -0.494 e. The van der Waals surface area contributed by atoms with E-state index in [-0.39, 0.29) is 18.4 Å². The van der Waals surface area contributed by atoms with E-state index in [9.17, 15) is 4.79 Å². The van der Waals surface area contributed by atoms with E-state index in [1.165, 1.54) is 11.9 Å². The van der Waals surface area contributed by atoms with Crippen LogP contribution >= 0.6 is 11.9 Å². The van der Waals surface area contributed by atoms with Gasteiger partial charge in [-0.05, 0) is 61.0 Å². The molecule has 0 aliphatic carbocycles. The van der Waals surface area contributed by atoms with Gasteiger partial charge in [0.2, 0.25) is 0 Å². The van der Waals surface area contributed by atoms with Crippen LogP contribution in [0.1, 0.15) is 33.1 Å². The fraction of sp³-hybridized carbons (Fsp3) is 0.429. The first-order valence-corrected chi connectivity index (χ1v) is 10.4. The van der Waals surface area contributed by atoms with E-state index < -0.39 is 5.97 Å². The lowest BCUT2D eigenvalue weighted by Crippen LogP contribution is -2.31. The Labute approximate surface area is 171 Å². The van der Waals surface area contributed by atoms with Crippen molar-refractivity contribution in [3.8, 4) is 5.75 Å². The molecule has 0 radical (unpaired) electrons. The Hall–Kier alpha value is -2.25. The zero-order chi connectivity index (χ0) is 20.2. The summed E-state index contributed by atoms with van der Waals surface area (Å²) in [5.74, 6) is 1.16. The molecular formula is C21H29N3O3S. The summed E-state index contributed by atoms with van der Waals surface area (Å²) in [4.78, 5) is 16.2. The van der Waals surface area contributed by atoms with Crippen LogP contribution in [-0.2, 0) is 4.79 Å². The van der Waals surface area contributed by atoms with Crippen molar-refractivity contribution in [3.63, 3.8) is 0 Å². The predicted octanol–water partition coefficient (Wildman–Crippen LogP) is 4.45. The number of hydrogen-bond acceptors (Lipinski definition) is 6. The number of pyridine rings is 1. The smallest absolute Gasteiger partial charge is 0.304 e. The molecule has 0 spiro atoms. The van der Waals surface area contributed by atoms with Crippen molar-refractivity contribution in [2.75, 3.05) is 18.5 Å². The maximum absolute atomic E-state index is 11.0. The Balaban J connectivity index is 1.68. The van der Waals surface area contributed by atoms with Crippen molar-refractivity contribution < 1.29 is 14.6 Å². The molecule has 0 amide bonds. The maximum atomic E-state index is 11.0. The first-order valence-electron chi connectivity index (χ1n) is 9.56. The highest BCUT2D eigenvalue weighted by molar-refractivity contribution is 7.97. The second-order valence-electron chi connectivity index (χ2n) is 6.84. The van der Waals surface area contributed by atoms with Crippen LogP contribution in [0.25, 0.3) is 0 Å². The number of carbonyl (C=O) groups is 1. The molecule has 1 heterocycles. The second-order valence-corrected chi connectivity index (χ2v) is 7.75. The molecule has 0 aliphatic rings. The van der Waals surface area contributed by atoms with E-state index in [1.54, 1.807) is 6.20 Å². The van der Waals surface area contributed by atoms with Gasteiger partial charge < -0.3 is 15.2 Å². The van der Waals surface area contributed by atoms with Gasteiger partial charge in [-0.2, -0.15) is 0 Å². The molecule has 1 aromatic heterocycles. The van der Waals surface area contributed by atoms with Gasteiger partial charge in [0.1, 0.15) is 11.6 Å². The normalized spacial score (nSPS) is 12.0. The highest BCUT2D eigenvalue weighted by Crippen LogP contribution is 2.23. The average molecular weight is 404 g/mol. The standard InChI is InChI=1S/C21H29N3O3S/c1-16(2)19(15-21(25)26)24-28-18-9-7-8-17(14-18)27-13-6-5-12-23-20-10-3-4-11-22-20/h3-4,7-11,14,16,19,24H,5-6,12-13,15H2,1-2H3,(H,22,23)(H,25,26). The van der Waals surface area contributed by atoms with Gasteiger partial charge in [-0.25, -0.2) is 4.98 Å². The Morgan fingerprint density at radius 1 is 1.21 bits per heavy atom. The molecule has 7 heteroatoms. The number of rotatable bonds is 13. The molecule has 0 saturated heterocycles. The van der Waals surface area contributed by atoms with E-state index in [0.29, 0.717) is 6.61 Å². The lowest BCUT2D eigenvalue weighted by molar-refractivity contribution is -0.137. The van der Waals surface area contributed by atoms with Crippen molar-refractivity contribution in [2.45, 2.75) is 44.0 Å². The van der Waals surface area contributed by atoms with E-state index in [0.717, 1.165) is 35.8 Å². The van der Waals surface area contributed by atoms with E-state index >= 15 is 0 Å². The summed E-state index contributed by atoms with van der Waals surface area (Å²) in [6, 6.07) is 13.6. The maximum Gasteiger partial charge on any atom is 0.304 e. The van der Waals surface area contributed by atoms with Crippen LogP contribution < -0.4 is 14.8 Å². The predicted molar refractivity (Wildman–Crippen MR) is 114 cm³/mol. The highest BCUT2D eigenvalue weighted by atomic mass is 32.2. The van der Waals surface area contributed by atoms with Crippen LogP contribution in [0.5, 0.6) is 5.75 Å². The molecular weight excluding hydrogens is 374 g/mol. The zero-order valence-electron chi connectivity index (χ0n) is 16.4. The summed E-state index contributed by atoms with van der Waals surface area (Å²) in [7, 11) is 0. The summed E-state index contributed by atoms with van der Waals surface area (Å²) in [6.45, 7) is 5.55. The molecule has 3 N–H and O–H groups in total. The van der Waals surface area contributed by atoms with Gasteiger partial charge in [0.05, 0.1) is 13.0 Å². The number of benzene rings is 1. The SMILES string of the molecule is CC(C)C(CC(=O)O)NSc1cccc(OCCCCNc2ccccn2)c1. The van der Waals surface area contributed by atoms with Crippen LogP contribution in [0.2, 0.25) is 0 Å². The van der Waals surface area contributed by atoms with Gasteiger partial charge in [0.25, 0.3) is 0 Å². The Morgan fingerprint density at radius 3 is 2.79 bits per heavy atom. The molecule has 152 valence electrons. The largest absolute Gasteiger partial charge is 0.494 e. The molecule has 1 unspecified atom stereocenters. The minimum absolute atomic E-state index is 0.0846. The molecule has 28 heavy (non-hydrogen) atoms. The number of aromatic nitrogens is 1. The van der Waals surface area contributed by atoms with Crippen LogP contribution in [-0.4, -0.2) is 35.3 Å². The van der Waals surface area contributed by atoms with Gasteiger partial charge in [0.15, 0.2) is 0 Å². The first kappa shape index (κ1) is 22.0. The Morgan fingerprint density at radius 2 is 2.07 bits per heavy atom. The number of ether oxygens (including phenoxy) is 1. The van der Waals surface area contributed by atoms with Gasteiger partial charge >= 0.3 is 5.97 Å². The molecule has 0 saturated carbocycles. The second kappa shape index (κ2) is 12.3. The van der Waals surface area contributed by atoms with Gasteiger partial charge in [-0.15, -0.1) is 0 Å². The van der Waals surface area contributed by atoms with Crippen molar-refractivity contribution in [2.24, 2.45) is 5.92 Å². The number of carboxylic acids is 1. The van der Waals surface area contributed by atoms with E-state index in [1.807, 2.05) is 56.3 Å². The Bertz CT molecular complexity index is 713. The van der Waals surface area contributed by atoms with Crippen LogP contribution in [0.3, 0.4) is 0 Å². The summed E-state index contributed by atoms with van der Waals surface area (Å²) in [5.41, 5.74) is 0. The first-order chi connectivity index (χ1) is 13.5. The topological polar surface area (TPSA) is 83.5 Å². The molecule has 0 fully saturated rings. The fourth-order valence-electron chi connectivity index (χ4n) is 2.47. The lowest BCUT2D eigenvalue weighted by Gasteiger charge is -2.20. The third-order valence-corrected chi connectivity index (χ3v) is 5.05. The van der Waals surface area contributed by atoms with Crippen LogP contribution in [0.15, 0.2) is 53.6 Å². The number of anilines is 1. The molecule has 6 nitrogen and oxygen atoms in total. The van der Waals surface area contributed by atoms with Gasteiger partial charge in [0, 0.05) is 23.7 Å². The quantitative estimate of drug-likeness (QED) is 0.337. The number of nitrogens with zero attached hydrogens (tertiary/aromatic N) is 1. The van der Waals surface area contributed by atoms with Crippen LogP contribution in [0, 0.1) is 5.92 Å². The average Bonchev–Trinajstić information content (AvgIpc) is 2.68. The summed E-state index contributed by atoms with van der Waals surface area (Å²) in [6.07, 6.45) is 3.82. The summed E-state index contributed by atoms with van der Waals surface area (Å²) >= 11 is 1.45. The van der Waals surface area contributed by atoms with Gasteiger partial charge in [-0.1, -0.05) is 26.0 Å². The third-order valence-electron chi connectivity index (χ3n) is 4.14. The van der Waals surface area contributed by atoms with Crippen molar-refractivity contribution in [1.82, 2.24) is 9.71 Å². The lowest BCUT2D eigenvalue weighted by atomic mass is 10.0. The highest BCUT2D eigenvalue weighted by Gasteiger charge is 2.17. The number of unbranched alkanes of at least 4 members (excludes halogenated alkanes) is 1. The van der Waals surface area contributed by atoms with Crippen LogP contribution in [0.4, 0.5) is 5.82 Å². The monoisotopic (exact) mass is 403 g/mol. The fourth-order valence-corrected chi connectivity index (χ4v) is 3.44. The van der Waals surface area contributed by atoms with Crippen molar-refractivity contribution in [1.29, 1.82) is 0 Å². The molecule has 1 atom stereocenters. The van der Waals surface area contributed by atoms with Crippen molar-refractivity contribution >= 4 is 23.7 Å². The molecule has 1 aromatic carbocycles. The van der Waals surface area contributed by atoms with E-state index in [4.69, 9.17) is 9.84 Å². The Kier molecular flexibility index (Phi) is 9.65. The number of aliphatic carboxylic acids is 1. The molecule has 2 aromatic rings. The molecule has 0 bridgehead atoms. The minimum atomic E-state index is -0.790. The van der Waals surface area contributed by atoms with Gasteiger partial charge in [-0.3, -0.25) is 9.52 Å². The number of carboxylic acid groups (broad SMARTS) is 1.